The summed E-state index contributed by atoms with van der Waals surface area (Å²) in [6, 6.07) is 2.54. The lowest BCUT2D eigenvalue weighted by molar-refractivity contribution is 0.0710. The smallest absolute Gasteiger partial charge is 0.256 e. The van der Waals surface area contributed by atoms with Crippen molar-refractivity contribution in [2.24, 2.45) is 5.73 Å². The highest BCUT2D eigenvalue weighted by atomic mass is 35.5. The van der Waals surface area contributed by atoms with E-state index in [9.17, 15) is 9.18 Å². The van der Waals surface area contributed by atoms with Gasteiger partial charge in [-0.25, -0.2) is 14.4 Å². The highest BCUT2D eigenvalue weighted by Crippen LogP contribution is 2.22. The first-order valence-electron chi connectivity index (χ1n) is 7.45. The van der Waals surface area contributed by atoms with E-state index in [1.807, 2.05) is 13.8 Å². The lowest BCUT2D eigenvalue weighted by atomic mass is 10.0. The highest BCUT2D eigenvalue weighted by molar-refractivity contribution is 6.04. The van der Waals surface area contributed by atoms with Gasteiger partial charge in [0, 0.05) is 25.2 Å². The third-order valence-corrected chi connectivity index (χ3v) is 4.12. The summed E-state index contributed by atoms with van der Waals surface area (Å²) in [4.78, 5) is 23.2. The largest absolute Gasteiger partial charge is 0.337 e. The van der Waals surface area contributed by atoms with Crippen molar-refractivity contribution < 1.29 is 9.18 Å². The molecule has 0 bridgehead atoms. The first-order valence-corrected chi connectivity index (χ1v) is 7.45. The molecule has 1 aromatic carbocycles. The molecule has 132 valence electrons. The molecule has 0 aliphatic carbocycles. The maximum Gasteiger partial charge on any atom is 0.256 e. The van der Waals surface area contributed by atoms with Crippen LogP contribution in [0.1, 0.15) is 34.6 Å². The average molecular weight is 375 g/mol. The third-order valence-electron chi connectivity index (χ3n) is 4.12. The second-order valence-electron chi connectivity index (χ2n) is 5.87. The molecule has 24 heavy (non-hydrogen) atoms. The van der Waals surface area contributed by atoms with Gasteiger partial charge in [0.25, 0.3) is 5.91 Å². The van der Waals surface area contributed by atoms with Crippen molar-refractivity contribution in [3.05, 3.63) is 34.9 Å². The topological polar surface area (TPSA) is 72.1 Å². The Bertz CT molecular complexity index is 756. The fourth-order valence-electron chi connectivity index (χ4n) is 2.83. The van der Waals surface area contributed by atoms with E-state index in [1.165, 1.54) is 12.1 Å². The summed E-state index contributed by atoms with van der Waals surface area (Å²) in [6.45, 7) is 4.78. The summed E-state index contributed by atoms with van der Waals surface area (Å²) in [5, 5.41) is 0. The molecule has 0 radical (unpaired) electrons. The summed E-state index contributed by atoms with van der Waals surface area (Å²) in [6.07, 6.45) is 1.77. The van der Waals surface area contributed by atoms with E-state index in [4.69, 9.17) is 5.73 Å². The van der Waals surface area contributed by atoms with Gasteiger partial charge in [-0.15, -0.1) is 24.8 Å². The average Bonchev–Trinajstić information content (AvgIpc) is 2.47. The molecule has 1 atom stereocenters. The van der Waals surface area contributed by atoms with E-state index in [2.05, 4.69) is 9.97 Å². The molecule has 2 heterocycles. The van der Waals surface area contributed by atoms with E-state index in [0.717, 1.165) is 24.2 Å². The van der Waals surface area contributed by atoms with E-state index in [0.29, 0.717) is 24.1 Å². The summed E-state index contributed by atoms with van der Waals surface area (Å²) in [7, 11) is 0. The van der Waals surface area contributed by atoms with E-state index >= 15 is 0 Å². The minimum absolute atomic E-state index is 0. The number of nitrogens with zero attached hydrogens (tertiary/aromatic N) is 3. The maximum absolute atomic E-state index is 13.9. The minimum atomic E-state index is -0.477. The fraction of sp³-hybridized carbons (Fsp3) is 0.438. The molecule has 1 unspecified atom stereocenters. The second kappa shape index (κ2) is 8.05. The summed E-state index contributed by atoms with van der Waals surface area (Å²) in [5.74, 6) is -0.702. The van der Waals surface area contributed by atoms with Crippen LogP contribution in [0.4, 0.5) is 4.39 Å². The summed E-state index contributed by atoms with van der Waals surface area (Å²) in [5.41, 5.74) is 8.53. The molecule has 2 N–H and O–H groups in total. The lowest BCUT2D eigenvalue weighted by Crippen LogP contribution is -2.45. The number of halogens is 3. The van der Waals surface area contributed by atoms with Crippen LogP contribution in [0, 0.1) is 19.7 Å². The molecule has 0 saturated carbocycles. The van der Waals surface area contributed by atoms with Gasteiger partial charge >= 0.3 is 0 Å². The van der Waals surface area contributed by atoms with E-state index in [-0.39, 0.29) is 42.3 Å². The van der Waals surface area contributed by atoms with Gasteiger partial charge in [0.05, 0.1) is 22.5 Å². The molecule has 1 aliphatic heterocycles. The van der Waals surface area contributed by atoms with Crippen molar-refractivity contribution in [2.45, 2.75) is 32.7 Å². The zero-order chi connectivity index (χ0) is 15.9. The van der Waals surface area contributed by atoms with Crippen LogP contribution in [0.2, 0.25) is 0 Å². The molecule has 2 aromatic rings. The van der Waals surface area contributed by atoms with Crippen LogP contribution in [0.3, 0.4) is 0 Å². The Morgan fingerprint density at radius 1 is 1.25 bits per heavy atom. The summed E-state index contributed by atoms with van der Waals surface area (Å²) >= 11 is 0. The Balaban J connectivity index is 0.00000144. The Hall–Kier alpha value is -1.50. The third kappa shape index (κ3) is 3.94. The van der Waals surface area contributed by atoms with Crippen LogP contribution in [-0.4, -0.2) is 39.9 Å². The maximum atomic E-state index is 13.9. The standard InChI is InChI=1S/C16H19FN4O.2ClH/c1-9-10(2)20-15-13(6-11(17)7-14(15)19-9)16(22)21-5-3-4-12(18)8-21;;/h6-7,12H,3-5,8,18H2,1-2H3;2*1H. The van der Waals surface area contributed by atoms with Crippen molar-refractivity contribution in [2.75, 3.05) is 13.1 Å². The molecule has 1 fully saturated rings. The second-order valence-corrected chi connectivity index (χ2v) is 5.87. The first kappa shape index (κ1) is 20.5. The number of hydrogen-bond acceptors (Lipinski definition) is 4. The number of hydrogen-bond donors (Lipinski definition) is 1. The molecule has 8 heteroatoms. The lowest BCUT2D eigenvalue weighted by Gasteiger charge is -2.31. The van der Waals surface area contributed by atoms with E-state index in [1.54, 1.807) is 4.90 Å². The Labute approximate surface area is 152 Å². The molecule has 0 spiro atoms. The zero-order valence-corrected chi connectivity index (χ0v) is 15.2. The Kier molecular flexibility index (Phi) is 6.89. The van der Waals surface area contributed by atoms with Crippen LogP contribution in [0.25, 0.3) is 11.0 Å². The highest BCUT2D eigenvalue weighted by Gasteiger charge is 2.25. The van der Waals surface area contributed by atoms with E-state index < -0.39 is 5.82 Å². The predicted octanol–water partition coefficient (Wildman–Crippen LogP) is 2.79. The van der Waals surface area contributed by atoms with Gasteiger partial charge in [-0.3, -0.25) is 4.79 Å². The van der Waals surface area contributed by atoms with Crippen molar-refractivity contribution in [1.29, 1.82) is 0 Å². The Morgan fingerprint density at radius 3 is 2.58 bits per heavy atom. The molecule has 1 aliphatic rings. The van der Waals surface area contributed by atoms with Gasteiger partial charge in [-0.2, -0.15) is 0 Å². The Morgan fingerprint density at radius 2 is 1.92 bits per heavy atom. The molecule has 3 rings (SSSR count). The van der Waals surface area contributed by atoms with Crippen LogP contribution < -0.4 is 5.73 Å². The zero-order valence-electron chi connectivity index (χ0n) is 13.6. The quantitative estimate of drug-likeness (QED) is 0.832. The number of fused-ring (bicyclic) bond motifs is 1. The first-order chi connectivity index (χ1) is 10.5. The van der Waals surface area contributed by atoms with Crippen LogP contribution in [0.5, 0.6) is 0 Å². The molecule has 5 nitrogen and oxygen atoms in total. The molecule has 1 aromatic heterocycles. The number of carbonyl (C=O) groups excluding carboxylic acids is 1. The molecule has 1 saturated heterocycles. The van der Waals surface area contributed by atoms with Crippen LogP contribution in [0.15, 0.2) is 12.1 Å². The molecular formula is C16H21Cl2FN4O. The van der Waals surface area contributed by atoms with Gasteiger partial charge in [0.15, 0.2) is 0 Å². The number of piperidine rings is 1. The van der Waals surface area contributed by atoms with Crippen molar-refractivity contribution in [3.63, 3.8) is 0 Å². The van der Waals surface area contributed by atoms with Crippen molar-refractivity contribution in [3.8, 4) is 0 Å². The molecule has 1 amide bonds. The van der Waals surface area contributed by atoms with Crippen LogP contribution in [-0.2, 0) is 0 Å². The normalized spacial score (nSPS) is 17.2. The molecular weight excluding hydrogens is 354 g/mol. The number of rotatable bonds is 1. The number of aryl methyl sites for hydroxylation is 2. The number of amides is 1. The van der Waals surface area contributed by atoms with Crippen molar-refractivity contribution in [1.82, 2.24) is 14.9 Å². The SMILES string of the molecule is Cc1nc2cc(F)cc(C(=O)N3CCCC(N)C3)c2nc1C.Cl.Cl. The number of aromatic nitrogens is 2. The van der Waals surface area contributed by atoms with Crippen LogP contribution >= 0.6 is 24.8 Å². The van der Waals surface area contributed by atoms with Gasteiger partial charge in [0.1, 0.15) is 11.3 Å². The van der Waals surface area contributed by atoms with Gasteiger partial charge in [-0.1, -0.05) is 0 Å². The predicted molar refractivity (Wildman–Crippen MR) is 96.6 cm³/mol. The summed E-state index contributed by atoms with van der Waals surface area (Å²) < 4.78 is 13.9. The number of nitrogens with two attached hydrogens (primary N) is 1. The van der Waals surface area contributed by atoms with Gasteiger partial charge in [0.2, 0.25) is 0 Å². The van der Waals surface area contributed by atoms with Crippen molar-refractivity contribution >= 4 is 41.8 Å². The minimum Gasteiger partial charge on any atom is -0.337 e. The number of likely N-dealkylation sites (tertiary alicyclic amines) is 1. The fourth-order valence-corrected chi connectivity index (χ4v) is 2.83. The number of benzene rings is 1. The van der Waals surface area contributed by atoms with Gasteiger partial charge < -0.3 is 10.6 Å². The monoisotopic (exact) mass is 374 g/mol. The van der Waals surface area contributed by atoms with Gasteiger partial charge in [-0.05, 0) is 32.8 Å². The number of carbonyl (C=O) groups is 1.